The number of hydrogen-bond donors (Lipinski definition) is 1. The highest BCUT2D eigenvalue weighted by atomic mass is 35.5. The molecule has 0 amide bonds. The molecule has 0 unspecified atom stereocenters. The quantitative estimate of drug-likeness (QED) is 0.493. The largest absolute Gasteiger partial charge is 0.497 e. The molecule has 3 heterocycles. The van der Waals surface area contributed by atoms with Crippen molar-refractivity contribution >= 4 is 23.1 Å². The number of benzene rings is 1. The van der Waals surface area contributed by atoms with Gasteiger partial charge in [-0.25, -0.2) is 4.98 Å². The molecule has 0 radical (unpaired) electrons. The van der Waals surface area contributed by atoms with Crippen LogP contribution in [0.15, 0.2) is 18.2 Å². The Hall–Kier alpha value is -2.31. The summed E-state index contributed by atoms with van der Waals surface area (Å²) < 4.78 is 13.0. The van der Waals surface area contributed by atoms with E-state index in [2.05, 4.69) is 19.2 Å². The summed E-state index contributed by atoms with van der Waals surface area (Å²) in [6.07, 6.45) is 4.50. The van der Waals surface area contributed by atoms with E-state index in [0.717, 1.165) is 71.0 Å². The molecule has 6 nitrogen and oxygen atoms in total. The molecule has 160 valence electrons. The van der Waals surface area contributed by atoms with Gasteiger partial charge in [0.15, 0.2) is 5.65 Å². The fourth-order valence-electron chi connectivity index (χ4n) is 4.22. The van der Waals surface area contributed by atoms with E-state index in [1.807, 2.05) is 29.6 Å². The number of halogens is 1. The van der Waals surface area contributed by atoms with Crippen LogP contribution in [0.1, 0.15) is 56.5 Å². The van der Waals surface area contributed by atoms with Gasteiger partial charge in [-0.05, 0) is 38.0 Å². The number of rotatable bonds is 8. The van der Waals surface area contributed by atoms with Crippen LogP contribution >= 0.6 is 11.6 Å². The summed E-state index contributed by atoms with van der Waals surface area (Å²) >= 11 is 6.61. The number of ether oxygens (including phenoxy) is 2. The van der Waals surface area contributed by atoms with Gasteiger partial charge in [0.05, 0.1) is 42.3 Å². The summed E-state index contributed by atoms with van der Waals surface area (Å²) in [5.74, 6) is 1.72. The molecule has 1 aliphatic rings. The average molecular weight is 429 g/mol. The third-order valence-corrected chi connectivity index (χ3v) is 5.98. The van der Waals surface area contributed by atoms with Crippen molar-refractivity contribution in [3.8, 4) is 16.9 Å². The Morgan fingerprint density at radius 1 is 1.23 bits per heavy atom. The molecule has 0 spiro atoms. The molecule has 1 aliphatic heterocycles. The van der Waals surface area contributed by atoms with Gasteiger partial charge >= 0.3 is 0 Å². The predicted octanol–water partition coefficient (Wildman–Crippen LogP) is 5.78. The highest BCUT2D eigenvalue weighted by molar-refractivity contribution is 6.33. The summed E-state index contributed by atoms with van der Waals surface area (Å²) in [5, 5.41) is 9.27. The first-order valence-corrected chi connectivity index (χ1v) is 11.0. The first-order valence-electron chi connectivity index (χ1n) is 10.7. The van der Waals surface area contributed by atoms with Crippen molar-refractivity contribution in [2.45, 2.75) is 65.7 Å². The van der Waals surface area contributed by atoms with Crippen LogP contribution in [0, 0.1) is 6.92 Å². The van der Waals surface area contributed by atoms with Crippen molar-refractivity contribution in [1.29, 1.82) is 0 Å². The van der Waals surface area contributed by atoms with Crippen LogP contribution in [0.2, 0.25) is 5.02 Å². The number of nitrogens with zero attached hydrogens (tertiary/aromatic N) is 3. The average Bonchev–Trinajstić information content (AvgIpc) is 3.32. The van der Waals surface area contributed by atoms with Crippen molar-refractivity contribution in [1.82, 2.24) is 14.6 Å². The second kappa shape index (κ2) is 8.82. The maximum Gasteiger partial charge on any atom is 0.165 e. The number of fused-ring (bicyclic) bond motifs is 2. The normalized spacial score (nSPS) is 13.3. The Labute approximate surface area is 182 Å². The van der Waals surface area contributed by atoms with Gasteiger partial charge in [-0.2, -0.15) is 9.61 Å². The van der Waals surface area contributed by atoms with Crippen molar-refractivity contribution in [2.75, 3.05) is 12.4 Å². The summed E-state index contributed by atoms with van der Waals surface area (Å²) in [7, 11) is 1.64. The van der Waals surface area contributed by atoms with Gasteiger partial charge in [0.1, 0.15) is 11.6 Å². The smallest absolute Gasteiger partial charge is 0.165 e. The molecule has 0 saturated carbocycles. The Morgan fingerprint density at radius 3 is 2.67 bits per heavy atom. The van der Waals surface area contributed by atoms with Crippen LogP contribution in [0.5, 0.6) is 5.75 Å². The molecular weight excluding hydrogens is 400 g/mol. The van der Waals surface area contributed by atoms with E-state index >= 15 is 0 Å². The molecule has 1 N–H and O–H groups in total. The molecule has 1 aromatic carbocycles. The van der Waals surface area contributed by atoms with Gasteiger partial charge in [-0.1, -0.05) is 38.3 Å². The fraction of sp³-hybridized carbons (Fsp3) is 0.478. The molecule has 30 heavy (non-hydrogen) atoms. The van der Waals surface area contributed by atoms with E-state index in [4.69, 9.17) is 31.2 Å². The first-order chi connectivity index (χ1) is 14.6. The first kappa shape index (κ1) is 20.9. The highest BCUT2D eigenvalue weighted by Gasteiger charge is 2.26. The fourth-order valence-corrected chi connectivity index (χ4v) is 4.49. The molecule has 7 heteroatoms. The number of aromatic nitrogens is 3. The van der Waals surface area contributed by atoms with E-state index in [1.54, 1.807) is 7.11 Å². The topological polar surface area (TPSA) is 60.7 Å². The minimum atomic E-state index is 0.396. The zero-order valence-electron chi connectivity index (χ0n) is 18.1. The molecule has 0 fully saturated rings. The molecule has 0 atom stereocenters. The number of hydrogen-bond acceptors (Lipinski definition) is 5. The van der Waals surface area contributed by atoms with Crippen LogP contribution in [0.4, 0.5) is 5.82 Å². The van der Waals surface area contributed by atoms with Crippen molar-refractivity contribution in [3.63, 3.8) is 0 Å². The summed E-state index contributed by atoms with van der Waals surface area (Å²) in [6, 6.07) is 6.11. The van der Waals surface area contributed by atoms with Crippen LogP contribution in [-0.2, 0) is 18.0 Å². The molecule has 4 rings (SSSR count). The number of nitrogens with one attached hydrogen (secondary N) is 1. The lowest BCUT2D eigenvalue weighted by molar-refractivity contribution is 0.133. The van der Waals surface area contributed by atoms with Gasteiger partial charge in [-0.15, -0.1) is 0 Å². The van der Waals surface area contributed by atoms with Gasteiger partial charge < -0.3 is 14.8 Å². The molecule has 0 saturated heterocycles. The lowest BCUT2D eigenvalue weighted by Gasteiger charge is -2.21. The van der Waals surface area contributed by atoms with E-state index in [-0.39, 0.29) is 0 Å². The SMILES string of the molecule is CCCC(CCC)Nc1c2c(nc3c(-c4ccc(OC)cc4Cl)c(C)nn13)COC2. The Kier molecular flexibility index (Phi) is 6.16. The van der Waals surface area contributed by atoms with Gasteiger partial charge in [0.25, 0.3) is 0 Å². The molecule has 0 bridgehead atoms. The number of anilines is 1. The number of methoxy groups -OCH3 is 1. The molecule has 3 aromatic rings. The number of aryl methyl sites for hydroxylation is 1. The summed E-state index contributed by atoms with van der Waals surface area (Å²) in [6.45, 7) is 7.53. The zero-order valence-corrected chi connectivity index (χ0v) is 18.8. The molecule has 0 aliphatic carbocycles. The Morgan fingerprint density at radius 2 is 2.00 bits per heavy atom. The van der Waals surface area contributed by atoms with Crippen molar-refractivity contribution in [3.05, 3.63) is 40.2 Å². The second-order valence-corrected chi connectivity index (χ2v) is 8.25. The minimum Gasteiger partial charge on any atom is -0.497 e. The van der Waals surface area contributed by atoms with E-state index < -0.39 is 0 Å². The van der Waals surface area contributed by atoms with Crippen LogP contribution in [0.3, 0.4) is 0 Å². The van der Waals surface area contributed by atoms with Crippen molar-refractivity contribution < 1.29 is 9.47 Å². The lowest BCUT2D eigenvalue weighted by atomic mass is 10.1. The van der Waals surface area contributed by atoms with E-state index in [9.17, 15) is 0 Å². The van der Waals surface area contributed by atoms with Gasteiger partial charge in [-0.3, -0.25) is 0 Å². The van der Waals surface area contributed by atoms with Crippen LogP contribution in [0.25, 0.3) is 16.8 Å². The molecule has 2 aromatic heterocycles. The predicted molar refractivity (Wildman–Crippen MR) is 120 cm³/mol. The van der Waals surface area contributed by atoms with Crippen LogP contribution < -0.4 is 10.1 Å². The lowest BCUT2D eigenvalue weighted by Crippen LogP contribution is -2.22. The van der Waals surface area contributed by atoms with Gasteiger partial charge in [0.2, 0.25) is 0 Å². The van der Waals surface area contributed by atoms with E-state index in [1.165, 1.54) is 0 Å². The summed E-state index contributed by atoms with van der Waals surface area (Å²) in [5.41, 5.74) is 5.63. The standard InChI is InChI=1S/C23H29ClN4O2/c1-5-7-15(8-6-2)25-22-18-12-30-13-20(18)26-23-21(14(3)27-28(22)23)17-10-9-16(29-4)11-19(17)24/h9-11,15,25H,5-8,12-13H2,1-4H3. The van der Waals surface area contributed by atoms with E-state index in [0.29, 0.717) is 24.3 Å². The maximum atomic E-state index is 6.61. The van der Waals surface area contributed by atoms with Crippen molar-refractivity contribution in [2.24, 2.45) is 0 Å². The second-order valence-electron chi connectivity index (χ2n) is 7.84. The third-order valence-electron chi connectivity index (χ3n) is 5.67. The monoisotopic (exact) mass is 428 g/mol. The zero-order chi connectivity index (χ0) is 21.3. The minimum absolute atomic E-state index is 0.396. The Bertz CT molecular complexity index is 1060. The van der Waals surface area contributed by atoms with Crippen LogP contribution in [-0.4, -0.2) is 27.7 Å². The van der Waals surface area contributed by atoms with Gasteiger partial charge in [0, 0.05) is 17.2 Å². The Balaban J connectivity index is 1.88. The molecular formula is C23H29ClN4O2. The summed E-state index contributed by atoms with van der Waals surface area (Å²) in [4.78, 5) is 4.94. The maximum absolute atomic E-state index is 6.61. The highest BCUT2D eigenvalue weighted by Crippen LogP contribution is 2.38. The third kappa shape index (κ3) is 3.74.